The summed E-state index contributed by atoms with van der Waals surface area (Å²) in [6.07, 6.45) is 0. The van der Waals surface area contributed by atoms with Gasteiger partial charge in [0.15, 0.2) is 5.78 Å². The Kier molecular flexibility index (Phi) is 8.06. The van der Waals surface area contributed by atoms with Crippen molar-refractivity contribution < 1.29 is 19.1 Å². The van der Waals surface area contributed by atoms with Crippen LogP contribution in [0, 0.1) is 12.8 Å². The summed E-state index contributed by atoms with van der Waals surface area (Å²) in [5.74, 6) is 0.455. The van der Waals surface area contributed by atoms with Crippen LogP contribution in [0.15, 0.2) is 18.2 Å². The van der Waals surface area contributed by atoms with Gasteiger partial charge in [-0.3, -0.25) is 9.59 Å². The fourth-order valence-corrected chi connectivity index (χ4v) is 1.75. The molecule has 1 aromatic carbocycles. The Hall–Kier alpha value is -1.59. The highest BCUT2D eigenvalue weighted by Gasteiger charge is 2.11. The van der Waals surface area contributed by atoms with Crippen LogP contribution in [-0.4, -0.2) is 37.6 Å². The Bertz CT molecular complexity index is 545. The van der Waals surface area contributed by atoms with Gasteiger partial charge in [-0.05, 0) is 43.5 Å². The Balaban J connectivity index is 2.24. The molecule has 1 aromatic rings. The van der Waals surface area contributed by atoms with Gasteiger partial charge in [-0.1, -0.05) is 25.4 Å². The van der Waals surface area contributed by atoms with Gasteiger partial charge in [0.25, 0.3) is 0 Å². The Morgan fingerprint density at radius 3 is 2.48 bits per heavy atom. The third-order valence-electron chi connectivity index (χ3n) is 3.41. The molecule has 0 fully saturated rings. The van der Waals surface area contributed by atoms with Crippen molar-refractivity contribution in [1.82, 2.24) is 5.32 Å². The average molecular weight is 342 g/mol. The zero-order valence-electron chi connectivity index (χ0n) is 14.0. The maximum Gasteiger partial charge on any atom is 0.246 e. The monoisotopic (exact) mass is 341 g/mol. The van der Waals surface area contributed by atoms with Crippen molar-refractivity contribution in [2.75, 3.05) is 19.8 Å². The predicted molar refractivity (Wildman–Crippen MR) is 90.0 cm³/mol. The minimum atomic E-state index is -0.234. The van der Waals surface area contributed by atoms with Gasteiger partial charge in [-0.2, -0.15) is 0 Å². The molecule has 0 bridgehead atoms. The molecule has 0 aliphatic carbocycles. The summed E-state index contributed by atoms with van der Waals surface area (Å²) >= 11 is 5.92. The van der Waals surface area contributed by atoms with Crippen LogP contribution in [0.1, 0.15) is 26.3 Å². The van der Waals surface area contributed by atoms with Crippen molar-refractivity contribution in [2.45, 2.75) is 33.7 Å². The first-order valence-corrected chi connectivity index (χ1v) is 7.95. The van der Waals surface area contributed by atoms with Crippen molar-refractivity contribution in [1.29, 1.82) is 0 Å². The molecule has 0 saturated heterocycles. The van der Waals surface area contributed by atoms with Crippen LogP contribution >= 0.6 is 11.6 Å². The van der Waals surface area contributed by atoms with Crippen molar-refractivity contribution in [2.24, 2.45) is 5.92 Å². The average Bonchev–Trinajstić information content (AvgIpc) is 2.48. The molecular weight excluding hydrogens is 318 g/mol. The number of aryl methyl sites for hydroxylation is 1. The normalized spacial score (nSPS) is 12.1. The molecule has 0 unspecified atom stereocenters. The van der Waals surface area contributed by atoms with E-state index < -0.39 is 0 Å². The molecule has 0 spiro atoms. The van der Waals surface area contributed by atoms with Crippen LogP contribution in [0.4, 0.5) is 0 Å². The summed E-state index contributed by atoms with van der Waals surface area (Å²) in [5.41, 5.74) is 0.879. The van der Waals surface area contributed by atoms with Gasteiger partial charge in [0.2, 0.25) is 5.91 Å². The zero-order valence-corrected chi connectivity index (χ0v) is 14.8. The van der Waals surface area contributed by atoms with E-state index in [0.29, 0.717) is 16.7 Å². The molecule has 128 valence electrons. The maximum absolute atomic E-state index is 11.7. The van der Waals surface area contributed by atoms with E-state index >= 15 is 0 Å². The maximum atomic E-state index is 11.7. The Morgan fingerprint density at radius 2 is 1.87 bits per heavy atom. The summed E-state index contributed by atoms with van der Waals surface area (Å²) in [5, 5.41) is 3.45. The number of halogens is 1. The molecule has 0 aliphatic heterocycles. The summed E-state index contributed by atoms with van der Waals surface area (Å²) in [7, 11) is 0. The minimum absolute atomic E-state index is 0.0679. The molecule has 5 nitrogen and oxygen atoms in total. The van der Waals surface area contributed by atoms with Gasteiger partial charge in [-0.25, -0.2) is 0 Å². The highest BCUT2D eigenvalue weighted by atomic mass is 35.5. The number of amides is 1. The Morgan fingerprint density at radius 1 is 1.17 bits per heavy atom. The molecular formula is C17H24ClNO4. The van der Waals surface area contributed by atoms with Gasteiger partial charge in [-0.15, -0.1) is 0 Å². The first-order chi connectivity index (χ1) is 10.8. The second kappa shape index (κ2) is 9.53. The number of ketones is 1. The molecule has 6 heteroatoms. The Labute approximate surface area is 142 Å². The number of rotatable bonds is 9. The molecule has 0 aliphatic rings. The van der Waals surface area contributed by atoms with Crippen molar-refractivity contribution >= 4 is 23.3 Å². The van der Waals surface area contributed by atoms with Crippen LogP contribution in [0.2, 0.25) is 5.02 Å². The van der Waals surface area contributed by atoms with Crippen LogP contribution < -0.4 is 10.1 Å². The lowest BCUT2D eigenvalue weighted by Gasteiger charge is -2.17. The minimum Gasteiger partial charge on any atom is -0.486 e. The summed E-state index contributed by atoms with van der Waals surface area (Å²) < 4.78 is 10.5. The van der Waals surface area contributed by atoms with Gasteiger partial charge in [0.05, 0.1) is 0 Å². The van der Waals surface area contributed by atoms with Gasteiger partial charge in [0.1, 0.15) is 25.6 Å². The van der Waals surface area contributed by atoms with Crippen LogP contribution in [0.3, 0.4) is 0 Å². The molecule has 0 saturated carbocycles. The zero-order chi connectivity index (χ0) is 17.4. The largest absolute Gasteiger partial charge is 0.486 e. The third kappa shape index (κ3) is 7.48. The lowest BCUT2D eigenvalue weighted by molar-refractivity contribution is -0.131. The van der Waals surface area contributed by atoms with Gasteiger partial charge >= 0.3 is 0 Å². The number of Topliss-reactive ketones (excluding diaryl/α,β-unsaturated/α-hetero) is 1. The van der Waals surface area contributed by atoms with Crippen molar-refractivity contribution in [3.05, 3.63) is 28.8 Å². The molecule has 1 amide bonds. The number of nitrogens with one attached hydrogen (secondary N) is 1. The fourth-order valence-electron chi connectivity index (χ4n) is 1.63. The molecule has 0 radical (unpaired) electrons. The van der Waals surface area contributed by atoms with E-state index in [4.69, 9.17) is 21.1 Å². The summed E-state index contributed by atoms with van der Waals surface area (Å²) in [6.45, 7) is 7.42. The van der Waals surface area contributed by atoms with E-state index in [9.17, 15) is 9.59 Å². The summed E-state index contributed by atoms with van der Waals surface area (Å²) in [6, 6.07) is 5.24. The SMILES string of the molecule is Cc1cc(OCC(=O)COCC(=O)N[C@@H](C)C(C)C)ccc1Cl. The molecule has 1 N–H and O–H groups in total. The highest BCUT2D eigenvalue weighted by molar-refractivity contribution is 6.31. The topological polar surface area (TPSA) is 64.6 Å². The standard InChI is InChI=1S/C17H24ClNO4/c1-11(2)13(4)19-17(21)10-22-8-14(20)9-23-15-5-6-16(18)12(3)7-15/h5-7,11,13H,8-10H2,1-4H3,(H,19,21)/t13-/m0/s1. The lowest BCUT2D eigenvalue weighted by atomic mass is 10.1. The number of hydrogen-bond donors (Lipinski definition) is 1. The molecule has 1 atom stereocenters. The predicted octanol–water partition coefficient (Wildman–Crippen LogP) is 2.77. The van der Waals surface area contributed by atoms with Crippen LogP contribution in [-0.2, 0) is 14.3 Å². The van der Waals surface area contributed by atoms with Crippen LogP contribution in [0.25, 0.3) is 0 Å². The fraction of sp³-hybridized carbons (Fsp3) is 0.529. The number of carbonyl (C=O) groups is 2. The van der Waals surface area contributed by atoms with Gasteiger partial charge < -0.3 is 14.8 Å². The lowest BCUT2D eigenvalue weighted by Crippen LogP contribution is -2.38. The van der Waals surface area contributed by atoms with E-state index in [-0.39, 0.29) is 37.6 Å². The summed E-state index contributed by atoms with van der Waals surface area (Å²) in [4.78, 5) is 23.3. The van der Waals surface area contributed by atoms with E-state index in [1.807, 2.05) is 27.7 Å². The molecule has 0 heterocycles. The smallest absolute Gasteiger partial charge is 0.246 e. The van der Waals surface area contributed by atoms with E-state index in [2.05, 4.69) is 5.32 Å². The van der Waals surface area contributed by atoms with Crippen LogP contribution in [0.5, 0.6) is 5.75 Å². The first-order valence-electron chi connectivity index (χ1n) is 7.57. The molecule has 23 heavy (non-hydrogen) atoms. The second-order valence-corrected chi connectivity index (χ2v) is 6.24. The van der Waals surface area contributed by atoms with Crippen molar-refractivity contribution in [3.63, 3.8) is 0 Å². The molecule has 1 rings (SSSR count). The van der Waals surface area contributed by atoms with Gasteiger partial charge in [0, 0.05) is 11.1 Å². The number of hydrogen-bond acceptors (Lipinski definition) is 4. The van der Waals surface area contributed by atoms with E-state index in [0.717, 1.165) is 5.56 Å². The highest BCUT2D eigenvalue weighted by Crippen LogP contribution is 2.20. The number of benzene rings is 1. The number of ether oxygens (including phenoxy) is 2. The molecule has 0 aromatic heterocycles. The van der Waals surface area contributed by atoms with E-state index in [1.54, 1.807) is 18.2 Å². The van der Waals surface area contributed by atoms with Crippen molar-refractivity contribution in [3.8, 4) is 5.75 Å². The third-order valence-corrected chi connectivity index (χ3v) is 3.84. The van der Waals surface area contributed by atoms with E-state index in [1.165, 1.54) is 0 Å². The first kappa shape index (κ1) is 19.5. The number of carbonyl (C=O) groups excluding carboxylic acids is 2. The quantitative estimate of drug-likeness (QED) is 0.750. The second-order valence-electron chi connectivity index (χ2n) is 5.83.